The first-order chi connectivity index (χ1) is 12.5. The Morgan fingerprint density at radius 1 is 1.27 bits per heavy atom. The van der Waals surface area contributed by atoms with Gasteiger partial charge < -0.3 is 19.5 Å². The largest absolute Gasteiger partial charge is 0.492 e. The number of rotatable bonds is 6. The molecule has 0 saturated carbocycles. The van der Waals surface area contributed by atoms with Crippen LogP contribution >= 0.6 is 15.9 Å². The summed E-state index contributed by atoms with van der Waals surface area (Å²) in [6.45, 7) is 6.35. The molecule has 2 aromatic carbocycles. The van der Waals surface area contributed by atoms with Crippen LogP contribution in [0.1, 0.15) is 25.0 Å². The summed E-state index contributed by atoms with van der Waals surface area (Å²) in [5.74, 6) is 1.80. The zero-order valence-electron chi connectivity index (χ0n) is 15.1. The normalized spacial score (nSPS) is 15.2. The van der Waals surface area contributed by atoms with E-state index in [0.29, 0.717) is 23.8 Å². The molecule has 26 heavy (non-hydrogen) atoms. The Kier molecular flexibility index (Phi) is 5.71. The van der Waals surface area contributed by atoms with Gasteiger partial charge in [0.2, 0.25) is 0 Å². The second-order valence-electron chi connectivity index (χ2n) is 6.29. The first-order valence-electron chi connectivity index (χ1n) is 8.61. The van der Waals surface area contributed by atoms with Crippen LogP contribution in [0.2, 0.25) is 0 Å². The highest BCUT2D eigenvalue weighted by Gasteiger charge is 2.22. The number of benzene rings is 2. The number of halogens is 1. The van der Waals surface area contributed by atoms with Gasteiger partial charge in [0.05, 0.1) is 16.8 Å². The van der Waals surface area contributed by atoms with Crippen molar-refractivity contribution >= 4 is 27.5 Å². The highest BCUT2D eigenvalue weighted by Crippen LogP contribution is 2.38. The first kappa shape index (κ1) is 18.6. The summed E-state index contributed by atoms with van der Waals surface area (Å²) in [4.78, 5) is 12.3. The molecule has 1 N–H and O–H groups in total. The number of carbonyl (C=O) groups excluding carboxylic acids is 1. The van der Waals surface area contributed by atoms with Crippen LogP contribution < -0.4 is 19.5 Å². The Bertz CT molecular complexity index is 822. The molecule has 1 aliphatic heterocycles. The van der Waals surface area contributed by atoms with Gasteiger partial charge in [-0.1, -0.05) is 6.07 Å². The Hall–Kier alpha value is -2.21. The van der Waals surface area contributed by atoms with Crippen LogP contribution in [0, 0.1) is 6.92 Å². The summed E-state index contributed by atoms with van der Waals surface area (Å²) in [7, 11) is 0. The van der Waals surface area contributed by atoms with Crippen molar-refractivity contribution in [3.63, 3.8) is 0 Å². The van der Waals surface area contributed by atoms with E-state index in [4.69, 9.17) is 14.2 Å². The van der Waals surface area contributed by atoms with Gasteiger partial charge in [-0.2, -0.15) is 0 Å². The van der Waals surface area contributed by atoms with Crippen molar-refractivity contribution in [2.75, 3.05) is 18.5 Å². The molecule has 1 aliphatic rings. The Morgan fingerprint density at radius 2 is 2.08 bits per heavy atom. The molecule has 0 bridgehead atoms. The van der Waals surface area contributed by atoms with E-state index in [2.05, 4.69) is 21.2 Å². The molecule has 0 fully saturated rings. The van der Waals surface area contributed by atoms with Crippen molar-refractivity contribution in [3.8, 4) is 17.2 Å². The van der Waals surface area contributed by atoms with Gasteiger partial charge >= 0.3 is 0 Å². The number of aryl methyl sites for hydroxylation is 1. The highest BCUT2D eigenvalue weighted by atomic mass is 79.9. The molecular weight excluding hydrogens is 398 g/mol. The number of hydrogen-bond acceptors (Lipinski definition) is 4. The Labute approximate surface area is 161 Å². The van der Waals surface area contributed by atoms with E-state index in [1.165, 1.54) is 0 Å². The molecule has 138 valence electrons. The summed E-state index contributed by atoms with van der Waals surface area (Å²) in [6.07, 6.45) is 0.974. The molecule has 2 aromatic rings. The SMILES string of the molecule is CCOc1cc2c(cc1NC(=O)COc1ccc(C)cc1Br)O[C@H](C)C2. The number of fused-ring (bicyclic) bond motifs is 1. The van der Waals surface area contributed by atoms with E-state index in [1.807, 2.05) is 51.1 Å². The van der Waals surface area contributed by atoms with Gasteiger partial charge in [-0.25, -0.2) is 0 Å². The molecule has 0 unspecified atom stereocenters. The summed E-state index contributed by atoms with van der Waals surface area (Å²) >= 11 is 3.44. The molecule has 1 heterocycles. The predicted octanol–water partition coefficient (Wildman–Crippen LogP) is 4.50. The van der Waals surface area contributed by atoms with Crippen LogP contribution in [-0.4, -0.2) is 25.2 Å². The minimum atomic E-state index is -0.260. The van der Waals surface area contributed by atoms with Gasteiger partial charge in [0.1, 0.15) is 23.4 Å². The zero-order valence-corrected chi connectivity index (χ0v) is 16.7. The molecule has 6 heteroatoms. The minimum Gasteiger partial charge on any atom is -0.492 e. The van der Waals surface area contributed by atoms with Gasteiger partial charge in [-0.15, -0.1) is 0 Å². The first-order valence-corrected chi connectivity index (χ1v) is 9.40. The molecule has 0 saturated heterocycles. The molecule has 0 aromatic heterocycles. The van der Waals surface area contributed by atoms with Crippen molar-refractivity contribution in [1.82, 2.24) is 0 Å². The van der Waals surface area contributed by atoms with Crippen LogP contribution in [0.25, 0.3) is 0 Å². The molecule has 3 rings (SSSR count). The predicted molar refractivity (Wildman–Crippen MR) is 104 cm³/mol. The third kappa shape index (κ3) is 4.30. The van der Waals surface area contributed by atoms with Crippen molar-refractivity contribution < 1.29 is 19.0 Å². The number of ether oxygens (including phenoxy) is 3. The lowest BCUT2D eigenvalue weighted by molar-refractivity contribution is -0.118. The highest BCUT2D eigenvalue weighted by molar-refractivity contribution is 9.10. The zero-order chi connectivity index (χ0) is 18.7. The van der Waals surface area contributed by atoms with Gasteiger partial charge in [-0.05, 0) is 60.5 Å². The molecule has 0 radical (unpaired) electrons. The Balaban J connectivity index is 1.69. The summed E-state index contributed by atoms with van der Waals surface area (Å²) in [5, 5.41) is 2.86. The van der Waals surface area contributed by atoms with Gasteiger partial charge in [0, 0.05) is 18.1 Å². The van der Waals surface area contributed by atoms with Crippen molar-refractivity contribution in [2.24, 2.45) is 0 Å². The maximum absolute atomic E-state index is 12.3. The lowest BCUT2D eigenvalue weighted by atomic mass is 10.1. The molecule has 5 nitrogen and oxygen atoms in total. The number of nitrogens with one attached hydrogen (secondary N) is 1. The second-order valence-corrected chi connectivity index (χ2v) is 7.15. The van der Waals surface area contributed by atoms with E-state index >= 15 is 0 Å². The van der Waals surface area contributed by atoms with Crippen LogP contribution in [0.3, 0.4) is 0 Å². The third-order valence-electron chi connectivity index (χ3n) is 4.02. The van der Waals surface area contributed by atoms with Crippen molar-refractivity contribution in [2.45, 2.75) is 33.3 Å². The van der Waals surface area contributed by atoms with E-state index in [9.17, 15) is 4.79 Å². The summed E-state index contributed by atoms with van der Waals surface area (Å²) in [5.41, 5.74) is 2.80. The number of hydrogen-bond donors (Lipinski definition) is 1. The fraction of sp³-hybridized carbons (Fsp3) is 0.350. The van der Waals surface area contributed by atoms with Crippen LogP contribution in [-0.2, 0) is 11.2 Å². The molecule has 1 atom stereocenters. The van der Waals surface area contributed by atoms with Gasteiger partial charge in [0.15, 0.2) is 6.61 Å². The summed E-state index contributed by atoms with van der Waals surface area (Å²) < 4.78 is 17.9. The maximum atomic E-state index is 12.3. The van der Waals surface area contributed by atoms with E-state index in [0.717, 1.165) is 27.8 Å². The molecular formula is C20H22BrNO4. The third-order valence-corrected chi connectivity index (χ3v) is 4.64. The van der Waals surface area contributed by atoms with E-state index in [1.54, 1.807) is 0 Å². The fourth-order valence-electron chi connectivity index (χ4n) is 2.86. The lowest BCUT2D eigenvalue weighted by Crippen LogP contribution is -2.20. The number of amides is 1. The molecule has 0 aliphatic carbocycles. The van der Waals surface area contributed by atoms with Crippen molar-refractivity contribution in [1.29, 1.82) is 0 Å². The van der Waals surface area contributed by atoms with Crippen molar-refractivity contribution in [3.05, 3.63) is 45.9 Å². The number of anilines is 1. The van der Waals surface area contributed by atoms with E-state index < -0.39 is 0 Å². The Morgan fingerprint density at radius 3 is 2.81 bits per heavy atom. The average molecular weight is 420 g/mol. The monoisotopic (exact) mass is 419 g/mol. The van der Waals surface area contributed by atoms with E-state index in [-0.39, 0.29) is 18.6 Å². The van der Waals surface area contributed by atoms with Gasteiger partial charge in [0.25, 0.3) is 5.91 Å². The molecule has 0 spiro atoms. The summed E-state index contributed by atoms with van der Waals surface area (Å²) in [6, 6.07) is 9.48. The van der Waals surface area contributed by atoms with Crippen LogP contribution in [0.5, 0.6) is 17.2 Å². The maximum Gasteiger partial charge on any atom is 0.262 e. The van der Waals surface area contributed by atoms with Crippen LogP contribution in [0.15, 0.2) is 34.8 Å². The lowest BCUT2D eigenvalue weighted by Gasteiger charge is -2.14. The van der Waals surface area contributed by atoms with Crippen LogP contribution in [0.4, 0.5) is 5.69 Å². The topological polar surface area (TPSA) is 56.8 Å². The quantitative estimate of drug-likeness (QED) is 0.748. The standard InChI is InChI=1S/C20H22BrNO4/c1-4-24-19-9-14-8-13(3)26-18(14)10-16(19)22-20(23)11-25-17-6-5-12(2)7-15(17)21/h5-7,9-10,13H,4,8,11H2,1-3H3,(H,22,23)/t13-/m1/s1. The average Bonchev–Trinajstić information content (AvgIpc) is 2.93. The fourth-order valence-corrected chi connectivity index (χ4v) is 3.47. The number of carbonyl (C=O) groups is 1. The smallest absolute Gasteiger partial charge is 0.262 e. The second kappa shape index (κ2) is 7.99. The molecule has 1 amide bonds. The minimum absolute atomic E-state index is 0.0957. The van der Waals surface area contributed by atoms with Gasteiger partial charge in [-0.3, -0.25) is 4.79 Å².